The first-order chi connectivity index (χ1) is 13.0. The van der Waals surface area contributed by atoms with Gasteiger partial charge >= 0.3 is 0 Å². The number of hydrogen-bond donors (Lipinski definition) is 1. The van der Waals surface area contributed by atoms with Gasteiger partial charge in [-0.15, -0.1) is 0 Å². The Hall–Kier alpha value is -2.03. The normalized spacial score (nSPS) is 10.6. The van der Waals surface area contributed by atoms with Gasteiger partial charge in [0.2, 0.25) is 5.88 Å². The average Bonchev–Trinajstić information content (AvgIpc) is 2.65. The first kappa shape index (κ1) is 21.3. The second-order valence-corrected chi connectivity index (χ2v) is 7.39. The van der Waals surface area contributed by atoms with E-state index in [4.69, 9.17) is 9.47 Å². The molecule has 1 aromatic carbocycles. The number of hydrogen-bond acceptors (Lipinski definition) is 6. The van der Waals surface area contributed by atoms with Crippen LogP contribution in [0.1, 0.15) is 22.4 Å². The molecule has 0 aliphatic heterocycles. The minimum absolute atomic E-state index is 0.0852. The van der Waals surface area contributed by atoms with Crippen LogP contribution in [0, 0.1) is 21.8 Å². The van der Waals surface area contributed by atoms with E-state index in [0.717, 1.165) is 9.13 Å². The monoisotopic (exact) mass is 542 g/mol. The lowest BCUT2D eigenvalue weighted by Crippen LogP contribution is -2.25. The summed E-state index contributed by atoms with van der Waals surface area (Å²) in [6.07, 6.45) is 1.54. The highest BCUT2D eigenvalue weighted by molar-refractivity contribution is 14.1. The molecule has 7 nitrogen and oxygen atoms in total. The summed E-state index contributed by atoms with van der Waals surface area (Å²) in [7, 11) is 1.53. The van der Waals surface area contributed by atoms with Crippen LogP contribution in [0.3, 0.4) is 0 Å². The number of carbonyl (C=O) groups excluding carboxylic acids is 1. The number of pyridine rings is 1. The average molecular weight is 543 g/mol. The predicted octanol–water partition coefficient (Wildman–Crippen LogP) is 3.30. The van der Waals surface area contributed by atoms with Crippen LogP contribution in [0.4, 0.5) is 0 Å². The van der Waals surface area contributed by atoms with Gasteiger partial charge in [-0.25, -0.2) is 10.4 Å². The summed E-state index contributed by atoms with van der Waals surface area (Å²) in [6, 6.07) is 9.71. The number of benzene rings is 1. The number of nitrogens with one attached hydrogen (secondary N) is 1. The van der Waals surface area contributed by atoms with Gasteiger partial charge in [0.05, 0.1) is 18.5 Å². The van der Waals surface area contributed by atoms with Crippen LogP contribution < -0.4 is 10.2 Å². The Kier molecular flexibility index (Phi) is 8.15. The number of methoxy groups -OCH3 is 1. The highest BCUT2D eigenvalue weighted by Crippen LogP contribution is 2.29. The lowest BCUT2D eigenvalue weighted by molar-refractivity contribution is -0.123. The topological polar surface area (TPSA) is 96.6 Å². The van der Waals surface area contributed by atoms with Crippen molar-refractivity contribution in [3.63, 3.8) is 0 Å². The molecule has 2 aromatic rings. The Morgan fingerprint density at radius 1 is 1.44 bits per heavy atom. The molecule has 1 N–H and O–H groups in total. The van der Waals surface area contributed by atoms with Gasteiger partial charge in [-0.1, -0.05) is 12.1 Å². The van der Waals surface area contributed by atoms with Crippen LogP contribution in [0.5, 0.6) is 5.88 Å². The molecule has 0 aliphatic rings. The van der Waals surface area contributed by atoms with Gasteiger partial charge in [0, 0.05) is 20.7 Å². The zero-order valence-electron chi connectivity index (χ0n) is 14.6. The molecule has 0 saturated carbocycles. The van der Waals surface area contributed by atoms with Gasteiger partial charge in [0.25, 0.3) is 5.91 Å². The summed E-state index contributed by atoms with van der Waals surface area (Å²) < 4.78 is 12.4. The molecule has 0 saturated heterocycles. The van der Waals surface area contributed by atoms with E-state index in [1.54, 1.807) is 6.92 Å². The molecule has 1 heterocycles. The van der Waals surface area contributed by atoms with E-state index >= 15 is 0 Å². The van der Waals surface area contributed by atoms with Crippen molar-refractivity contribution < 1.29 is 14.3 Å². The van der Waals surface area contributed by atoms with Gasteiger partial charge < -0.3 is 9.47 Å². The molecule has 140 valence electrons. The van der Waals surface area contributed by atoms with Gasteiger partial charge in [-0.2, -0.15) is 10.4 Å². The summed E-state index contributed by atoms with van der Waals surface area (Å²) in [5.74, 6) is -0.377. The molecule has 0 bridgehead atoms. The third-order valence-electron chi connectivity index (χ3n) is 3.38. The van der Waals surface area contributed by atoms with Crippen molar-refractivity contribution in [1.29, 1.82) is 5.26 Å². The van der Waals surface area contributed by atoms with E-state index in [0.29, 0.717) is 15.7 Å². The van der Waals surface area contributed by atoms with Gasteiger partial charge in [0.1, 0.15) is 11.6 Å². The number of aryl methyl sites for hydroxylation is 1. The Bertz CT molecular complexity index is 895. The Morgan fingerprint density at radius 2 is 2.15 bits per heavy atom. The smallest absolute Gasteiger partial charge is 0.278 e. The lowest BCUT2D eigenvalue weighted by atomic mass is 10.1. The number of halogens is 2. The summed E-state index contributed by atoms with van der Waals surface area (Å²) in [4.78, 5) is 16.2. The number of carbonyl (C=O) groups is 1. The van der Waals surface area contributed by atoms with Crippen molar-refractivity contribution >= 4 is 50.6 Å². The minimum atomic E-state index is -0.462. The van der Waals surface area contributed by atoms with Crippen molar-refractivity contribution in [2.45, 2.75) is 13.5 Å². The first-order valence-corrected chi connectivity index (χ1v) is 9.61. The summed E-state index contributed by atoms with van der Waals surface area (Å²) in [6.45, 7) is 1.66. The number of ether oxygens (including phenoxy) is 2. The number of nitriles is 1. The molecule has 0 fully saturated rings. The summed E-state index contributed by atoms with van der Waals surface area (Å²) in [5, 5.41) is 13.3. The van der Waals surface area contributed by atoms with E-state index in [-0.39, 0.29) is 24.7 Å². The predicted molar refractivity (Wildman–Crippen MR) is 112 cm³/mol. The molecule has 0 spiro atoms. The summed E-state index contributed by atoms with van der Waals surface area (Å²) in [5.41, 5.74) is 4.72. The standard InChI is InChI=1S/C18H16BrIN4O3/c1-11-17(19)15(9-26-2)14(7-21)18(23-11)27-10-16(25)24-22-8-12-3-5-13(20)6-4-12/h3-6,8H,9-10H2,1-2H3,(H,24,25)/b22-8+. The number of nitrogens with zero attached hydrogens (tertiary/aromatic N) is 3. The van der Waals surface area contributed by atoms with E-state index in [1.807, 2.05) is 24.3 Å². The minimum Gasteiger partial charge on any atom is -0.467 e. The number of hydrazone groups is 1. The van der Waals surface area contributed by atoms with E-state index in [1.165, 1.54) is 13.3 Å². The fourth-order valence-corrected chi connectivity index (χ4v) is 2.87. The fraction of sp³-hybridized carbons (Fsp3) is 0.222. The van der Waals surface area contributed by atoms with Gasteiger partial charge in [-0.05, 0) is 63.1 Å². The van der Waals surface area contributed by atoms with E-state index < -0.39 is 5.91 Å². The molecule has 1 amide bonds. The molecule has 9 heteroatoms. The molecule has 0 atom stereocenters. The fourth-order valence-electron chi connectivity index (χ4n) is 2.11. The SMILES string of the molecule is COCc1c(Br)c(C)nc(OCC(=O)N/N=C/c2ccc(I)cc2)c1C#N. The Morgan fingerprint density at radius 3 is 2.78 bits per heavy atom. The summed E-state index contributed by atoms with van der Waals surface area (Å²) >= 11 is 5.61. The lowest BCUT2D eigenvalue weighted by Gasteiger charge is -2.13. The van der Waals surface area contributed by atoms with Crippen LogP contribution in [-0.4, -0.2) is 30.8 Å². The van der Waals surface area contributed by atoms with Crippen molar-refractivity contribution in [2.24, 2.45) is 5.10 Å². The zero-order valence-corrected chi connectivity index (χ0v) is 18.4. The molecule has 1 aromatic heterocycles. The Balaban J connectivity index is 2.02. The molecule has 0 radical (unpaired) electrons. The maximum Gasteiger partial charge on any atom is 0.278 e. The molecule has 2 rings (SSSR count). The van der Waals surface area contributed by atoms with Crippen molar-refractivity contribution in [1.82, 2.24) is 10.4 Å². The second-order valence-electron chi connectivity index (χ2n) is 5.35. The number of rotatable bonds is 7. The molecule has 27 heavy (non-hydrogen) atoms. The van der Waals surface area contributed by atoms with E-state index in [2.05, 4.69) is 60.1 Å². The third-order valence-corrected chi connectivity index (χ3v) is 5.15. The maximum absolute atomic E-state index is 11.9. The van der Waals surface area contributed by atoms with Crippen LogP contribution in [0.15, 0.2) is 33.8 Å². The third kappa shape index (κ3) is 5.98. The molecular weight excluding hydrogens is 527 g/mol. The largest absolute Gasteiger partial charge is 0.467 e. The van der Waals surface area contributed by atoms with Crippen LogP contribution in [-0.2, 0) is 16.1 Å². The highest BCUT2D eigenvalue weighted by Gasteiger charge is 2.18. The van der Waals surface area contributed by atoms with E-state index in [9.17, 15) is 10.1 Å². The first-order valence-electron chi connectivity index (χ1n) is 7.74. The van der Waals surface area contributed by atoms with Crippen molar-refractivity contribution in [3.05, 3.63) is 54.7 Å². The van der Waals surface area contributed by atoms with Crippen LogP contribution in [0.25, 0.3) is 0 Å². The molecular formula is C18H16BrIN4O3. The van der Waals surface area contributed by atoms with Crippen LogP contribution in [0.2, 0.25) is 0 Å². The zero-order chi connectivity index (χ0) is 19.8. The number of aromatic nitrogens is 1. The highest BCUT2D eigenvalue weighted by atomic mass is 127. The quantitative estimate of drug-likeness (QED) is 0.329. The van der Waals surface area contributed by atoms with Gasteiger partial charge in [-0.3, -0.25) is 4.79 Å². The molecule has 0 aliphatic carbocycles. The van der Waals surface area contributed by atoms with Crippen molar-refractivity contribution in [3.8, 4) is 11.9 Å². The van der Waals surface area contributed by atoms with Crippen LogP contribution >= 0.6 is 38.5 Å². The second kappa shape index (κ2) is 10.3. The molecule has 0 unspecified atom stereocenters. The van der Waals surface area contributed by atoms with Gasteiger partial charge in [0.15, 0.2) is 6.61 Å². The number of amides is 1. The van der Waals surface area contributed by atoms with Crippen molar-refractivity contribution in [2.75, 3.05) is 13.7 Å². The Labute approximate surface area is 179 Å². The maximum atomic E-state index is 11.9.